The normalized spacial score (nSPS) is 9.95. The van der Waals surface area contributed by atoms with Crippen LogP contribution in [-0.4, -0.2) is 17.1 Å². The molecule has 0 unspecified atom stereocenters. The van der Waals surface area contributed by atoms with Crippen LogP contribution in [0.5, 0.6) is 0 Å². The van der Waals surface area contributed by atoms with Gasteiger partial charge in [0.1, 0.15) is 10.7 Å². The highest BCUT2D eigenvalue weighted by atomic mass is 32.1. The molecule has 0 spiro atoms. The molecule has 2 amide bonds. The lowest BCUT2D eigenvalue weighted by atomic mass is 10.3. The molecule has 2 rings (SSSR count). The molecule has 0 fully saturated rings. The maximum atomic E-state index is 13.3. The van der Waals surface area contributed by atoms with Crippen LogP contribution in [0.2, 0.25) is 0 Å². The highest BCUT2D eigenvalue weighted by Gasteiger charge is 2.10. The summed E-state index contributed by atoms with van der Waals surface area (Å²) in [5.74, 6) is -1.61. The average molecular weight is 280 g/mol. The van der Waals surface area contributed by atoms with E-state index >= 15 is 0 Å². The number of hydrogen-bond donors (Lipinski definition) is 3. The number of hydrogen-bond acceptors (Lipinski definition) is 3. The Morgan fingerprint density at radius 2 is 1.84 bits per heavy atom. The number of urea groups is 1. The zero-order valence-electron chi connectivity index (χ0n) is 9.51. The molecule has 98 valence electrons. The average Bonchev–Trinajstić information content (AvgIpc) is 2.80. The van der Waals surface area contributed by atoms with Gasteiger partial charge in [-0.2, -0.15) is 0 Å². The lowest BCUT2D eigenvalue weighted by Crippen LogP contribution is -2.19. The fraction of sp³-hybridized carbons (Fsp3) is 0. The molecule has 2 aromatic rings. The molecular formula is C12H9FN2O3S. The quantitative estimate of drug-likeness (QED) is 0.807. The van der Waals surface area contributed by atoms with E-state index in [2.05, 4.69) is 10.6 Å². The molecule has 3 N–H and O–H groups in total. The minimum Gasteiger partial charge on any atom is -0.477 e. The predicted octanol–water partition coefficient (Wildman–Crippen LogP) is 3.23. The van der Waals surface area contributed by atoms with Gasteiger partial charge in [-0.05, 0) is 24.3 Å². The standard InChI is InChI=1S/C12H9FN2O3S/c13-7-3-1-2-4-8(7)14-12(18)15-10-6-5-9(19-10)11(16)17/h1-6H,(H,16,17)(H2,14,15,18). The van der Waals surface area contributed by atoms with Crippen LogP contribution in [0, 0.1) is 5.82 Å². The van der Waals surface area contributed by atoms with Crippen LogP contribution < -0.4 is 10.6 Å². The molecule has 19 heavy (non-hydrogen) atoms. The number of carboxylic acid groups (broad SMARTS) is 1. The monoisotopic (exact) mass is 280 g/mol. The molecular weight excluding hydrogens is 271 g/mol. The third-order valence-electron chi connectivity index (χ3n) is 2.18. The van der Waals surface area contributed by atoms with Gasteiger partial charge in [0, 0.05) is 0 Å². The SMILES string of the molecule is O=C(Nc1ccc(C(=O)O)s1)Nc1ccccc1F. The van der Waals surface area contributed by atoms with Crippen LogP contribution in [0.4, 0.5) is 19.9 Å². The van der Waals surface area contributed by atoms with E-state index in [1.54, 1.807) is 6.07 Å². The summed E-state index contributed by atoms with van der Waals surface area (Å²) in [6, 6.07) is 7.96. The molecule has 0 aliphatic heterocycles. The molecule has 0 radical (unpaired) electrons. The Morgan fingerprint density at radius 3 is 2.47 bits per heavy atom. The summed E-state index contributed by atoms with van der Waals surface area (Å²) in [5.41, 5.74) is 0.0509. The van der Waals surface area contributed by atoms with Gasteiger partial charge in [-0.15, -0.1) is 11.3 Å². The summed E-state index contributed by atoms with van der Waals surface area (Å²) >= 11 is 0.919. The summed E-state index contributed by atoms with van der Waals surface area (Å²) in [4.78, 5) is 22.4. The van der Waals surface area contributed by atoms with E-state index < -0.39 is 17.8 Å². The number of amides is 2. The van der Waals surface area contributed by atoms with Crippen LogP contribution in [0.1, 0.15) is 9.67 Å². The first kappa shape index (κ1) is 13.0. The Kier molecular flexibility index (Phi) is 3.76. The number of carbonyl (C=O) groups excluding carboxylic acids is 1. The van der Waals surface area contributed by atoms with E-state index in [9.17, 15) is 14.0 Å². The Balaban J connectivity index is 2.01. The van der Waals surface area contributed by atoms with Crippen molar-refractivity contribution >= 4 is 34.0 Å². The molecule has 1 heterocycles. The molecule has 7 heteroatoms. The molecule has 0 atom stereocenters. The fourth-order valence-electron chi connectivity index (χ4n) is 1.35. The minimum atomic E-state index is -1.06. The van der Waals surface area contributed by atoms with E-state index in [0.29, 0.717) is 5.00 Å². The number of halogens is 1. The topological polar surface area (TPSA) is 78.4 Å². The van der Waals surface area contributed by atoms with Gasteiger partial charge in [-0.1, -0.05) is 12.1 Å². The number of nitrogens with one attached hydrogen (secondary N) is 2. The Labute approximate surface area is 111 Å². The van der Waals surface area contributed by atoms with Gasteiger partial charge >= 0.3 is 12.0 Å². The number of thiophene rings is 1. The Morgan fingerprint density at radius 1 is 1.11 bits per heavy atom. The maximum Gasteiger partial charge on any atom is 0.345 e. The van der Waals surface area contributed by atoms with Crippen molar-refractivity contribution in [1.82, 2.24) is 0 Å². The number of anilines is 2. The molecule has 0 saturated carbocycles. The number of rotatable bonds is 3. The highest BCUT2D eigenvalue weighted by molar-refractivity contribution is 7.18. The maximum absolute atomic E-state index is 13.3. The lowest BCUT2D eigenvalue weighted by Gasteiger charge is -2.06. The number of aromatic carboxylic acids is 1. The fourth-order valence-corrected chi connectivity index (χ4v) is 2.09. The number of carboxylic acids is 1. The molecule has 1 aromatic heterocycles. The summed E-state index contributed by atoms with van der Waals surface area (Å²) in [6.45, 7) is 0. The van der Waals surface area contributed by atoms with Gasteiger partial charge in [0.2, 0.25) is 0 Å². The zero-order chi connectivity index (χ0) is 13.8. The van der Waals surface area contributed by atoms with Crippen molar-refractivity contribution in [2.75, 3.05) is 10.6 Å². The Bertz CT molecular complexity index is 627. The van der Waals surface area contributed by atoms with Crippen LogP contribution in [0.25, 0.3) is 0 Å². The van der Waals surface area contributed by atoms with Crippen molar-refractivity contribution in [3.05, 3.63) is 47.1 Å². The molecule has 1 aromatic carbocycles. The summed E-state index contributed by atoms with van der Waals surface area (Å²) in [7, 11) is 0. The predicted molar refractivity (Wildman–Crippen MR) is 70.3 cm³/mol. The third kappa shape index (κ3) is 3.29. The van der Waals surface area contributed by atoms with Gasteiger partial charge < -0.3 is 10.4 Å². The minimum absolute atomic E-state index is 0.0509. The van der Waals surface area contributed by atoms with Crippen LogP contribution in [-0.2, 0) is 0 Å². The largest absolute Gasteiger partial charge is 0.477 e. The zero-order valence-corrected chi connectivity index (χ0v) is 10.3. The summed E-state index contributed by atoms with van der Waals surface area (Å²) in [5, 5.41) is 13.9. The van der Waals surface area contributed by atoms with Crippen molar-refractivity contribution in [2.45, 2.75) is 0 Å². The number of para-hydroxylation sites is 1. The van der Waals surface area contributed by atoms with Crippen LogP contribution in [0.3, 0.4) is 0 Å². The third-order valence-corrected chi connectivity index (χ3v) is 3.16. The second-order valence-corrected chi connectivity index (χ2v) is 4.61. The Hall–Kier alpha value is -2.41. The van der Waals surface area contributed by atoms with Gasteiger partial charge in [-0.3, -0.25) is 5.32 Å². The van der Waals surface area contributed by atoms with Crippen molar-refractivity contribution in [3.8, 4) is 0 Å². The van der Waals surface area contributed by atoms with E-state index in [4.69, 9.17) is 5.11 Å². The first-order valence-corrected chi connectivity index (χ1v) is 6.03. The van der Waals surface area contributed by atoms with Crippen molar-refractivity contribution in [3.63, 3.8) is 0 Å². The van der Waals surface area contributed by atoms with E-state index in [1.165, 1.54) is 30.3 Å². The molecule has 0 saturated heterocycles. The van der Waals surface area contributed by atoms with Crippen LogP contribution >= 0.6 is 11.3 Å². The van der Waals surface area contributed by atoms with E-state index in [0.717, 1.165) is 11.3 Å². The first-order valence-electron chi connectivity index (χ1n) is 5.22. The van der Waals surface area contributed by atoms with Crippen molar-refractivity contribution in [2.24, 2.45) is 0 Å². The first-order chi connectivity index (χ1) is 9.06. The second-order valence-electron chi connectivity index (χ2n) is 3.53. The molecule has 5 nitrogen and oxygen atoms in total. The highest BCUT2D eigenvalue weighted by Crippen LogP contribution is 2.22. The van der Waals surface area contributed by atoms with E-state index in [-0.39, 0.29) is 10.6 Å². The molecule has 0 bridgehead atoms. The summed E-state index contributed by atoms with van der Waals surface area (Å²) in [6.07, 6.45) is 0. The van der Waals surface area contributed by atoms with Gasteiger partial charge in [0.25, 0.3) is 0 Å². The van der Waals surface area contributed by atoms with Gasteiger partial charge in [-0.25, -0.2) is 14.0 Å². The smallest absolute Gasteiger partial charge is 0.345 e. The number of benzene rings is 1. The van der Waals surface area contributed by atoms with Crippen molar-refractivity contribution < 1.29 is 19.1 Å². The molecule has 0 aliphatic carbocycles. The van der Waals surface area contributed by atoms with Crippen molar-refractivity contribution in [1.29, 1.82) is 0 Å². The lowest BCUT2D eigenvalue weighted by molar-refractivity contribution is 0.0702. The second kappa shape index (κ2) is 5.49. The van der Waals surface area contributed by atoms with Crippen LogP contribution in [0.15, 0.2) is 36.4 Å². The van der Waals surface area contributed by atoms with E-state index in [1.807, 2.05) is 0 Å². The summed E-state index contributed by atoms with van der Waals surface area (Å²) < 4.78 is 13.3. The van der Waals surface area contributed by atoms with Gasteiger partial charge in [0.05, 0.1) is 10.7 Å². The van der Waals surface area contributed by atoms with Gasteiger partial charge in [0.15, 0.2) is 0 Å². The number of carbonyl (C=O) groups is 2. The molecule has 0 aliphatic rings.